The van der Waals surface area contributed by atoms with Crippen LogP contribution in [0.1, 0.15) is 29.1 Å². The fraction of sp³-hybridized carbons (Fsp3) is 0.273. The number of rotatable bonds is 1. The Labute approximate surface area is 82.9 Å². The average Bonchev–Trinajstić information content (AvgIpc) is 2.44. The molecule has 1 aliphatic carbocycles. The van der Waals surface area contributed by atoms with Gasteiger partial charge in [-0.25, -0.2) is 0 Å². The molecule has 0 fully saturated rings. The van der Waals surface area contributed by atoms with Crippen LogP contribution in [0.4, 0.5) is 0 Å². The van der Waals surface area contributed by atoms with Gasteiger partial charge in [0.05, 0.1) is 0 Å². The SMILES string of the molecule is [Li][CH]1C(CC)=Cc2ccccc21. The van der Waals surface area contributed by atoms with Crippen LogP contribution in [-0.4, -0.2) is 17.7 Å². The third-order valence-electron chi connectivity index (χ3n) is 2.77. The average molecular weight is 150 g/mol. The van der Waals surface area contributed by atoms with E-state index in [2.05, 4.69) is 55.0 Å². The van der Waals surface area contributed by atoms with Gasteiger partial charge in [0.25, 0.3) is 0 Å². The zero-order valence-corrected chi connectivity index (χ0v) is 7.67. The first kappa shape index (κ1) is 8.17. The Bertz CT molecular complexity index is 326. The van der Waals surface area contributed by atoms with Gasteiger partial charge in [0.2, 0.25) is 0 Å². The summed E-state index contributed by atoms with van der Waals surface area (Å²) in [6, 6.07) is 8.68. The summed E-state index contributed by atoms with van der Waals surface area (Å²) in [4.78, 5) is 0. The minimum absolute atomic E-state index is 0.645. The Hall–Kier alpha value is -0.443. The molecule has 0 aromatic heterocycles. The summed E-state index contributed by atoms with van der Waals surface area (Å²) >= 11 is 2.29. The van der Waals surface area contributed by atoms with Gasteiger partial charge in [-0.2, -0.15) is 0 Å². The molecule has 2 rings (SSSR count). The molecular weight excluding hydrogens is 139 g/mol. The van der Waals surface area contributed by atoms with E-state index in [1.54, 1.807) is 5.57 Å². The van der Waals surface area contributed by atoms with Crippen LogP contribution in [0.2, 0.25) is 0 Å². The molecule has 0 N–H and O–H groups in total. The third-order valence-corrected chi connectivity index (χ3v) is 2.77. The van der Waals surface area contributed by atoms with Crippen LogP contribution in [0, 0.1) is 0 Å². The molecule has 0 aliphatic heterocycles. The van der Waals surface area contributed by atoms with E-state index in [-0.39, 0.29) is 0 Å². The molecular formula is C11H11Li. The Morgan fingerprint density at radius 3 is 2.75 bits per heavy atom. The van der Waals surface area contributed by atoms with Crippen LogP contribution < -0.4 is 0 Å². The van der Waals surface area contributed by atoms with E-state index in [0.29, 0.717) is 4.59 Å². The van der Waals surface area contributed by atoms with E-state index in [0.717, 1.165) is 0 Å². The predicted octanol–water partition coefficient (Wildman–Crippen LogP) is 2.70. The summed E-state index contributed by atoms with van der Waals surface area (Å²) in [5.74, 6) is 0. The number of benzene rings is 1. The number of hydrogen-bond donors (Lipinski definition) is 0. The van der Waals surface area contributed by atoms with Gasteiger partial charge in [0.1, 0.15) is 0 Å². The second kappa shape index (κ2) is 3.13. The molecule has 0 saturated heterocycles. The molecule has 56 valence electrons. The Morgan fingerprint density at radius 2 is 2.08 bits per heavy atom. The first-order chi connectivity index (χ1) is 5.83. The van der Waals surface area contributed by atoms with Gasteiger partial charge < -0.3 is 0 Å². The zero-order valence-electron chi connectivity index (χ0n) is 7.67. The molecule has 0 bridgehead atoms. The van der Waals surface area contributed by atoms with Crippen molar-refractivity contribution in [2.45, 2.75) is 17.9 Å². The van der Waals surface area contributed by atoms with Crippen LogP contribution in [0.25, 0.3) is 6.08 Å². The normalized spacial score (nSPS) is 20.6. The van der Waals surface area contributed by atoms with Crippen LogP contribution in [0.15, 0.2) is 29.8 Å². The van der Waals surface area contributed by atoms with Gasteiger partial charge in [0, 0.05) is 0 Å². The molecule has 1 aromatic rings. The molecule has 0 nitrogen and oxygen atoms in total. The Morgan fingerprint density at radius 1 is 1.33 bits per heavy atom. The fourth-order valence-electron chi connectivity index (χ4n) is 1.97. The molecule has 1 heteroatoms. The Kier molecular flexibility index (Phi) is 2.13. The van der Waals surface area contributed by atoms with Crippen molar-refractivity contribution in [1.29, 1.82) is 0 Å². The Balaban J connectivity index is 2.47. The van der Waals surface area contributed by atoms with Crippen LogP contribution in [-0.2, 0) is 0 Å². The second-order valence-electron chi connectivity index (χ2n) is 3.42. The summed E-state index contributed by atoms with van der Waals surface area (Å²) in [6.07, 6.45) is 3.51. The molecule has 0 spiro atoms. The van der Waals surface area contributed by atoms with Crippen LogP contribution >= 0.6 is 0 Å². The molecule has 1 unspecified atom stereocenters. The van der Waals surface area contributed by atoms with Crippen molar-refractivity contribution < 1.29 is 0 Å². The van der Waals surface area contributed by atoms with E-state index in [1.165, 1.54) is 17.5 Å². The van der Waals surface area contributed by atoms with Gasteiger partial charge >= 0.3 is 82.7 Å². The van der Waals surface area contributed by atoms with Crippen molar-refractivity contribution in [2.24, 2.45) is 0 Å². The fourth-order valence-corrected chi connectivity index (χ4v) is 1.97. The number of allylic oxidation sites excluding steroid dienone is 1. The summed E-state index contributed by atoms with van der Waals surface area (Å²) < 4.78 is 0.645. The van der Waals surface area contributed by atoms with Gasteiger partial charge in [-0.1, -0.05) is 0 Å². The monoisotopic (exact) mass is 150 g/mol. The summed E-state index contributed by atoms with van der Waals surface area (Å²) in [6.45, 7) is 2.23. The second-order valence-corrected chi connectivity index (χ2v) is 3.42. The third kappa shape index (κ3) is 1.16. The summed E-state index contributed by atoms with van der Waals surface area (Å²) in [5, 5.41) is 0. The summed E-state index contributed by atoms with van der Waals surface area (Å²) in [5.41, 5.74) is 4.48. The summed E-state index contributed by atoms with van der Waals surface area (Å²) in [7, 11) is 0. The van der Waals surface area contributed by atoms with Crippen molar-refractivity contribution >= 4 is 23.8 Å². The van der Waals surface area contributed by atoms with Crippen LogP contribution in [0.3, 0.4) is 0 Å². The molecule has 0 heterocycles. The van der Waals surface area contributed by atoms with Gasteiger partial charge in [-0.15, -0.1) is 0 Å². The van der Waals surface area contributed by atoms with E-state index >= 15 is 0 Å². The van der Waals surface area contributed by atoms with Crippen molar-refractivity contribution in [3.63, 3.8) is 0 Å². The van der Waals surface area contributed by atoms with Crippen molar-refractivity contribution in [3.05, 3.63) is 41.0 Å². The molecule has 1 atom stereocenters. The van der Waals surface area contributed by atoms with Crippen molar-refractivity contribution in [1.82, 2.24) is 0 Å². The van der Waals surface area contributed by atoms with Crippen LogP contribution in [0.5, 0.6) is 0 Å². The predicted molar refractivity (Wildman–Crippen MR) is 53.2 cm³/mol. The van der Waals surface area contributed by atoms with E-state index in [9.17, 15) is 0 Å². The van der Waals surface area contributed by atoms with Gasteiger partial charge in [-0.05, 0) is 0 Å². The molecule has 0 amide bonds. The molecule has 0 radical (unpaired) electrons. The van der Waals surface area contributed by atoms with E-state index < -0.39 is 0 Å². The maximum atomic E-state index is 2.33. The first-order valence-electron chi connectivity index (χ1n) is 4.62. The minimum atomic E-state index is 0.645. The quantitative estimate of drug-likeness (QED) is 0.540. The molecule has 12 heavy (non-hydrogen) atoms. The number of fused-ring (bicyclic) bond motifs is 1. The van der Waals surface area contributed by atoms with Gasteiger partial charge in [0.15, 0.2) is 0 Å². The maximum absolute atomic E-state index is 2.33. The van der Waals surface area contributed by atoms with Crippen molar-refractivity contribution in [3.8, 4) is 0 Å². The van der Waals surface area contributed by atoms with Crippen molar-refractivity contribution in [2.75, 3.05) is 0 Å². The number of hydrogen-bond acceptors (Lipinski definition) is 0. The van der Waals surface area contributed by atoms with E-state index in [1.807, 2.05) is 0 Å². The van der Waals surface area contributed by atoms with E-state index in [4.69, 9.17) is 0 Å². The zero-order chi connectivity index (χ0) is 8.55. The standard InChI is InChI=1S/C11H11.Li/c1-2-9-7-10-5-3-4-6-11(10)8-9;/h3-8H,2H2,1H3;. The topological polar surface area (TPSA) is 0 Å². The molecule has 1 aliphatic rings. The first-order valence-corrected chi connectivity index (χ1v) is 4.62. The molecule has 1 aromatic carbocycles. The van der Waals surface area contributed by atoms with Gasteiger partial charge in [-0.3, -0.25) is 0 Å². The molecule has 0 saturated carbocycles.